The lowest BCUT2D eigenvalue weighted by Gasteiger charge is -2.03. The summed E-state index contributed by atoms with van der Waals surface area (Å²) in [6, 6.07) is 7.53. The smallest absolute Gasteiger partial charge is 0.191 e. The minimum absolute atomic E-state index is 0.227. The zero-order chi connectivity index (χ0) is 14.5. The molecule has 0 aliphatic rings. The standard InChI is InChI=1S/C14H16ClN3OS/c1-10(19)4-3-9-20-14-17-16-13(18(14)2)11-5-7-12(15)8-6-11/h5-8H,3-4,9H2,1-2H3. The van der Waals surface area contributed by atoms with E-state index in [2.05, 4.69) is 10.2 Å². The summed E-state index contributed by atoms with van der Waals surface area (Å²) in [4.78, 5) is 10.9. The Hall–Kier alpha value is -1.33. The summed E-state index contributed by atoms with van der Waals surface area (Å²) in [5.41, 5.74) is 0.986. The van der Waals surface area contributed by atoms with Crippen molar-refractivity contribution < 1.29 is 4.79 Å². The largest absolute Gasteiger partial charge is 0.305 e. The maximum Gasteiger partial charge on any atom is 0.191 e. The number of nitrogens with zero attached hydrogens (tertiary/aromatic N) is 3. The summed E-state index contributed by atoms with van der Waals surface area (Å²) < 4.78 is 1.96. The normalized spacial score (nSPS) is 10.8. The fourth-order valence-corrected chi connectivity index (χ4v) is 2.75. The van der Waals surface area contributed by atoms with Gasteiger partial charge in [0.1, 0.15) is 5.78 Å². The van der Waals surface area contributed by atoms with Crippen LogP contribution in [0.1, 0.15) is 19.8 Å². The van der Waals surface area contributed by atoms with Gasteiger partial charge in [0.15, 0.2) is 11.0 Å². The van der Waals surface area contributed by atoms with Gasteiger partial charge in [0.05, 0.1) is 0 Å². The maximum atomic E-state index is 10.9. The van der Waals surface area contributed by atoms with Crippen LogP contribution in [-0.4, -0.2) is 26.3 Å². The summed E-state index contributed by atoms with van der Waals surface area (Å²) in [5, 5.41) is 9.96. The van der Waals surface area contributed by atoms with Gasteiger partial charge in [-0.05, 0) is 37.6 Å². The number of aromatic nitrogens is 3. The van der Waals surface area contributed by atoms with Crippen LogP contribution in [-0.2, 0) is 11.8 Å². The van der Waals surface area contributed by atoms with Crippen molar-refractivity contribution in [2.24, 2.45) is 7.05 Å². The van der Waals surface area contributed by atoms with Crippen LogP contribution in [0.15, 0.2) is 29.4 Å². The Bertz CT molecular complexity index is 595. The van der Waals surface area contributed by atoms with Gasteiger partial charge in [-0.3, -0.25) is 0 Å². The fraction of sp³-hybridized carbons (Fsp3) is 0.357. The van der Waals surface area contributed by atoms with Gasteiger partial charge in [-0.25, -0.2) is 0 Å². The maximum absolute atomic E-state index is 10.9. The summed E-state index contributed by atoms with van der Waals surface area (Å²) in [5.74, 6) is 1.91. The van der Waals surface area contributed by atoms with E-state index in [0.717, 1.165) is 28.7 Å². The number of Topliss-reactive ketones (excluding diaryl/α,β-unsaturated/α-hetero) is 1. The molecule has 0 amide bonds. The molecule has 106 valence electrons. The van der Waals surface area contributed by atoms with E-state index in [1.54, 1.807) is 18.7 Å². The van der Waals surface area contributed by atoms with E-state index in [9.17, 15) is 4.79 Å². The first-order valence-corrected chi connectivity index (χ1v) is 7.72. The van der Waals surface area contributed by atoms with Gasteiger partial charge in [0.2, 0.25) is 0 Å². The van der Waals surface area contributed by atoms with Crippen LogP contribution < -0.4 is 0 Å². The number of thioether (sulfide) groups is 1. The molecule has 0 fully saturated rings. The van der Waals surface area contributed by atoms with Crippen LogP contribution in [0, 0.1) is 0 Å². The summed E-state index contributed by atoms with van der Waals surface area (Å²) in [6.07, 6.45) is 1.48. The Morgan fingerprint density at radius 2 is 2.00 bits per heavy atom. The Morgan fingerprint density at radius 3 is 2.65 bits per heavy atom. The monoisotopic (exact) mass is 309 g/mol. The van der Waals surface area contributed by atoms with Gasteiger partial charge in [-0.1, -0.05) is 23.4 Å². The Balaban J connectivity index is 2.03. The van der Waals surface area contributed by atoms with Gasteiger partial charge in [0, 0.05) is 29.8 Å². The van der Waals surface area contributed by atoms with Gasteiger partial charge >= 0.3 is 0 Å². The number of hydrogen-bond donors (Lipinski definition) is 0. The second-order valence-corrected chi connectivity index (χ2v) is 6.02. The molecule has 1 aromatic carbocycles. The predicted octanol–water partition coefficient (Wildman–Crippen LogP) is 3.60. The first-order valence-electron chi connectivity index (χ1n) is 6.35. The molecule has 6 heteroatoms. The quantitative estimate of drug-likeness (QED) is 0.604. The molecule has 0 aliphatic carbocycles. The first kappa shape index (κ1) is 15.1. The number of hydrogen-bond acceptors (Lipinski definition) is 4. The highest BCUT2D eigenvalue weighted by atomic mass is 35.5. The van der Waals surface area contributed by atoms with Gasteiger partial charge in [0.25, 0.3) is 0 Å². The summed E-state index contributed by atoms with van der Waals surface area (Å²) >= 11 is 7.50. The molecule has 0 saturated carbocycles. The van der Waals surface area contributed by atoms with Gasteiger partial charge in [-0.15, -0.1) is 10.2 Å². The van der Waals surface area contributed by atoms with E-state index >= 15 is 0 Å². The van der Waals surface area contributed by atoms with Crippen molar-refractivity contribution in [3.05, 3.63) is 29.3 Å². The van der Waals surface area contributed by atoms with Crippen molar-refractivity contribution in [2.75, 3.05) is 5.75 Å². The fourth-order valence-electron chi connectivity index (χ4n) is 1.78. The molecule has 0 bridgehead atoms. The Labute approximate surface area is 127 Å². The van der Waals surface area contributed by atoms with Crippen LogP contribution in [0.3, 0.4) is 0 Å². The summed E-state index contributed by atoms with van der Waals surface area (Å²) in [6.45, 7) is 1.62. The third-order valence-corrected chi connectivity index (χ3v) is 4.20. The molecule has 0 atom stereocenters. The molecule has 0 radical (unpaired) electrons. The van der Waals surface area contributed by atoms with Crippen LogP contribution in [0.25, 0.3) is 11.4 Å². The minimum Gasteiger partial charge on any atom is -0.305 e. The molecule has 0 unspecified atom stereocenters. The molecular weight excluding hydrogens is 294 g/mol. The average molecular weight is 310 g/mol. The molecule has 1 aromatic heterocycles. The van der Waals surface area contributed by atoms with Crippen molar-refractivity contribution in [1.29, 1.82) is 0 Å². The average Bonchev–Trinajstić information content (AvgIpc) is 2.77. The Morgan fingerprint density at radius 1 is 1.30 bits per heavy atom. The zero-order valence-corrected chi connectivity index (χ0v) is 13.0. The topological polar surface area (TPSA) is 47.8 Å². The molecule has 0 N–H and O–H groups in total. The van der Waals surface area contributed by atoms with E-state index in [1.165, 1.54) is 0 Å². The van der Waals surface area contributed by atoms with E-state index in [-0.39, 0.29) is 5.78 Å². The van der Waals surface area contributed by atoms with Gasteiger partial charge < -0.3 is 9.36 Å². The lowest BCUT2D eigenvalue weighted by Crippen LogP contribution is -1.96. The van der Waals surface area contributed by atoms with Crippen molar-refractivity contribution in [2.45, 2.75) is 24.9 Å². The van der Waals surface area contributed by atoms with E-state index in [4.69, 9.17) is 11.6 Å². The molecule has 4 nitrogen and oxygen atoms in total. The molecule has 1 heterocycles. The van der Waals surface area contributed by atoms with Crippen molar-refractivity contribution in [1.82, 2.24) is 14.8 Å². The number of rotatable bonds is 6. The molecule has 0 spiro atoms. The van der Waals surface area contributed by atoms with E-state index < -0.39 is 0 Å². The summed E-state index contributed by atoms with van der Waals surface area (Å²) in [7, 11) is 1.94. The van der Waals surface area contributed by atoms with E-state index in [0.29, 0.717) is 11.4 Å². The number of benzene rings is 1. The highest BCUT2D eigenvalue weighted by Crippen LogP contribution is 2.24. The van der Waals surface area contributed by atoms with E-state index in [1.807, 2.05) is 35.9 Å². The second kappa shape index (κ2) is 6.90. The minimum atomic E-state index is 0.227. The third kappa shape index (κ3) is 3.84. The van der Waals surface area contributed by atoms with Crippen LogP contribution in [0.4, 0.5) is 0 Å². The highest BCUT2D eigenvalue weighted by Gasteiger charge is 2.10. The lowest BCUT2D eigenvalue weighted by atomic mass is 10.2. The zero-order valence-electron chi connectivity index (χ0n) is 11.5. The second-order valence-electron chi connectivity index (χ2n) is 4.53. The van der Waals surface area contributed by atoms with Crippen LogP contribution >= 0.6 is 23.4 Å². The van der Waals surface area contributed by atoms with Crippen molar-refractivity contribution in [3.63, 3.8) is 0 Å². The van der Waals surface area contributed by atoms with Crippen molar-refractivity contribution in [3.8, 4) is 11.4 Å². The number of ketones is 1. The lowest BCUT2D eigenvalue weighted by molar-refractivity contribution is -0.117. The number of carbonyl (C=O) groups is 1. The third-order valence-electron chi connectivity index (χ3n) is 2.84. The number of halogens is 1. The number of carbonyl (C=O) groups excluding carboxylic acids is 1. The molecule has 20 heavy (non-hydrogen) atoms. The van der Waals surface area contributed by atoms with Crippen LogP contribution in [0.2, 0.25) is 5.02 Å². The Kier molecular flexibility index (Phi) is 5.20. The van der Waals surface area contributed by atoms with Crippen molar-refractivity contribution >= 4 is 29.1 Å². The predicted molar refractivity (Wildman–Crippen MR) is 82.1 cm³/mol. The molecule has 2 aromatic rings. The molecule has 2 rings (SSSR count). The first-order chi connectivity index (χ1) is 9.58. The highest BCUT2D eigenvalue weighted by molar-refractivity contribution is 7.99. The van der Waals surface area contributed by atoms with Gasteiger partial charge in [-0.2, -0.15) is 0 Å². The molecule has 0 saturated heterocycles. The van der Waals surface area contributed by atoms with Crippen LogP contribution in [0.5, 0.6) is 0 Å². The molecular formula is C14H16ClN3OS. The molecule has 0 aliphatic heterocycles. The SMILES string of the molecule is CC(=O)CCCSc1nnc(-c2ccc(Cl)cc2)n1C.